The van der Waals surface area contributed by atoms with Gasteiger partial charge in [0.2, 0.25) is 7.29 Å². The molecule has 0 N–H and O–H groups in total. The van der Waals surface area contributed by atoms with E-state index < -0.39 is 7.29 Å². The van der Waals surface area contributed by atoms with Crippen molar-refractivity contribution >= 4 is 17.9 Å². The molecule has 0 spiro atoms. The minimum absolute atomic E-state index is 0.478. The average molecular weight is 285 g/mol. The van der Waals surface area contributed by atoms with E-state index >= 15 is 0 Å². The molecule has 2 aromatic carbocycles. The van der Waals surface area contributed by atoms with E-state index in [1.54, 1.807) is 0 Å². The molecule has 0 aromatic heterocycles. The third kappa shape index (κ3) is 2.34. The fourth-order valence-electron chi connectivity index (χ4n) is 2.79. The van der Waals surface area contributed by atoms with E-state index in [0.29, 0.717) is 6.04 Å². The van der Waals surface area contributed by atoms with Crippen LogP contribution >= 0.6 is 7.29 Å². The van der Waals surface area contributed by atoms with Crippen LogP contribution in [0.2, 0.25) is 0 Å². The van der Waals surface area contributed by atoms with E-state index in [0.717, 1.165) is 30.0 Å². The summed E-state index contributed by atoms with van der Waals surface area (Å²) >= 11 is 0. The van der Waals surface area contributed by atoms with Crippen molar-refractivity contribution in [1.29, 1.82) is 0 Å². The summed E-state index contributed by atoms with van der Waals surface area (Å²) in [6, 6.07) is 20.3. The van der Waals surface area contributed by atoms with Gasteiger partial charge in [0.25, 0.3) is 0 Å². The molecule has 0 radical (unpaired) electrons. The highest BCUT2D eigenvalue weighted by molar-refractivity contribution is 7.76. The topological polar surface area (TPSA) is 20.1 Å². The first-order chi connectivity index (χ1) is 9.76. The summed E-state index contributed by atoms with van der Waals surface area (Å²) in [6.45, 7) is 3.14. The van der Waals surface area contributed by atoms with Crippen molar-refractivity contribution in [2.45, 2.75) is 25.8 Å². The molecule has 3 rings (SSSR count). The number of hydrogen-bond acceptors (Lipinski definition) is 1. The van der Waals surface area contributed by atoms with Gasteiger partial charge in [-0.1, -0.05) is 49.7 Å². The predicted molar refractivity (Wildman–Crippen MR) is 85.2 cm³/mol. The fraction of sp³-hybridized carbons (Fsp3) is 0.294. The van der Waals surface area contributed by atoms with Gasteiger partial charge in [-0.3, -0.25) is 4.57 Å². The Morgan fingerprint density at radius 2 is 1.50 bits per heavy atom. The zero-order valence-electron chi connectivity index (χ0n) is 11.8. The lowest BCUT2D eigenvalue weighted by molar-refractivity contribution is 0.553. The van der Waals surface area contributed by atoms with E-state index in [1.807, 2.05) is 60.7 Å². The van der Waals surface area contributed by atoms with Crippen molar-refractivity contribution in [3.63, 3.8) is 0 Å². The highest BCUT2D eigenvalue weighted by Gasteiger charge is 2.48. The highest BCUT2D eigenvalue weighted by atomic mass is 31.2. The highest BCUT2D eigenvalue weighted by Crippen LogP contribution is 2.55. The summed E-state index contributed by atoms with van der Waals surface area (Å²) in [7, 11) is -2.64. The molecule has 0 bridgehead atoms. The van der Waals surface area contributed by atoms with Gasteiger partial charge in [0.1, 0.15) is 0 Å². The van der Waals surface area contributed by atoms with Crippen LogP contribution in [0.4, 0.5) is 0 Å². The van der Waals surface area contributed by atoms with Crippen LogP contribution in [0.15, 0.2) is 60.7 Å². The molecule has 2 aromatic rings. The molecule has 0 amide bonds. The van der Waals surface area contributed by atoms with Crippen molar-refractivity contribution in [1.82, 2.24) is 4.67 Å². The lowest BCUT2D eigenvalue weighted by atomic mass is 10.3. The Hall–Kier alpha value is -1.37. The maximum absolute atomic E-state index is 13.8. The second-order valence-electron chi connectivity index (χ2n) is 5.31. The van der Waals surface area contributed by atoms with Gasteiger partial charge in [0.15, 0.2) is 0 Å². The van der Waals surface area contributed by atoms with Crippen LogP contribution < -0.4 is 10.6 Å². The first-order valence-electron chi connectivity index (χ1n) is 7.25. The largest absolute Gasteiger partial charge is 0.296 e. The Morgan fingerprint density at radius 3 is 1.95 bits per heavy atom. The summed E-state index contributed by atoms with van der Waals surface area (Å²) < 4.78 is 16.0. The molecule has 0 aliphatic carbocycles. The Morgan fingerprint density at radius 1 is 1.00 bits per heavy atom. The van der Waals surface area contributed by atoms with Gasteiger partial charge in [-0.15, -0.1) is 0 Å². The van der Waals surface area contributed by atoms with Crippen LogP contribution in [0.5, 0.6) is 0 Å². The summed E-state index contributed by atoms with van der Waals surface area (Å²) in [5.74, 6) is 0. The Kier molecular flexibility index (Phi) is 3.78. The lowest BCUT2D eigenvalue weighted by Gasteiger charge is -2.21. The number of benzene rings is 2. The lowest BCUT2D eigenvalue weighted by Crippen LogP contribution is -2.22. The van der Waals surface area contributed by atoms with Crippen LogP contribution in [-0.4, -0.2) is 17.3 Å². The van der Waals surface area contributed by atoms with Gasteiger partial charge in [-0.2, -0.15) is 0 Å². The Labute approximate surface area is 120 Å². The number of hydrogen-bond donors (Lipinski definition) is 0. The van der Waals surface area contributed by atoms with Gasteiger partial charge >= 0.3 is 0 Å². The molecule has 2 nitrogen and oxygen atoms in total. The molecule has 1 aliphatic heterocycles. The summed E-state index contributed by atoms with van der Waals surface area (Å²) in [5, 5.41) is 1.90. The van der Waals surface area contributed by atoms with Crippen LogP contribution in [0.3, 0.4) is 0 Å². The molecule has 3 heteroatoms. The summed E-state index contributed by atoms with van der Waals surface area (Å²) in [4.78, 5) is 0. The zero-order chi connectivity index (χ0) is 14.0. The van der Waals surface area contributed by atoms with Crippen molar-refractivity contribution in [2.75, 3.05) is 6.54 Å². The van der Waals surface area contributed by atoms with E-state index in [1.165, 1.54) is 0 Å². The Bertz CT molecular complexity index is 568. The number of nitrogens with zero attached hydrogens (tertiary/aromatic N) is 1. The normalized spacial score (nSPS) is 21.6. The third-order valence-electron chi connectivity index (χ3n) is 3.88. The monoisotopic (exact) mass is 285 g/mol. The molecule has 1 aliphatic rings. The molecule has 2 atom stereocenters. The maximum Gasteiger partial charge on any atom is 0.207 e. The molecule has 1 fully saturated rings. The minimum atomic E-state index is -2.64. The van der Waals surface area contributed by atoms with Gasteiger partial charge in [-0.05, 0) is 30.7 Å². The summed E-state index contributed by atoms with van der Waals surface area (Å²) in [5.41, 5.74) is 0. The molecule has 104 valence electrons. The minimum Gasteiger partial charge on any atom is -0.296 e. The quantitative estimate of drug-likeness (QED) is 0.620. The van der Waals surface area contributed by atoms with Crippen LogP contribution in [0.25, 0.3) is 0 Å². The molecule has 0 saturated carbocycles. The second kappa shape index (κ2) is 5.55. The standard InChI is InChI=1S/C17H20NOP/c1-2-9-15-14-18(15)20(19,16-10-5-3-6-11-16)17-12-7-4-8-13-17/h3-8,10-13,15H,2,9,14H2,1H3. The van der Waals surface area contributed by atoms with Crippen LogP contribution in [0.1, 0.15) is 19.8 Å². The molecule has 20 heavy (non-hydrogen) atoms. The fourth-order valence-corrected chi connectivity index (χ4v) is 5.83. The van der Waals surface area contributed by atoms with Crippen molar-refractivity contribution < 1.29 is 4.57 Å². The summed E-state index contributed by atoms with van der Waals surface area (Å²) in [6.07, 6.45) is 2.27. The van der Waals surface area contributed by atoms with Gasteiger partial charge in [0.05, 0.1) is 0 Å². The van der Waals surface area contributed by atoms with E-state index in [2.05, 4.69) is 11.6 Å². The van der Waals surface area contributed by atoms with Gasteiger partial charge < -0.3 is 0 Å². The zero-order valence-corrected chi connectivity index (χ0v) is 12.7. The molecule has 1 saturated heterocycles. The Balaban J connectivity index is 2.03. The van der Waals surface area contributed by atoms with Crippen molar-refractivity contribution in [3.05, 3.63) is 60.7 Å². The molecule has 1 heterocycles. The molecule has 2 unspecified atom stereocenters. The van der Waals surface area contributed by atoms with Crippen molar-refractivity contribution in [3.8, 4) is 0 Å². The number of rotatable bonds is 5. The third-order valence-corrected chi connectivity index (χ3v) is 7.09. The van der Waals surface area contributed by atoms with E-state index in [9.17, 15) is 4.57 Å². The molecular formula is C17H20NOP. The van der Waals surface area contributed by atoms with Crippen molar-refractivity contribution in [2.24, 2.45) is 0 Å². The van der Waals surface area contributed by atoms with Crippen LogP contribution in [-0.2, 0) is 4.57 Å². The first kappa shape index (κ1) is 13.6. The van der Waals surface area contributed by atoms with Crippen LogP contribution in [0, 0.1) is 0 Å². The van der Waals surface area contributed by atoms with Gasteiger partial charge in [-0.25, -0.2) is 4.67 Å². The first-order valence-corrected chi connectivity index (χ1v) is 8.91. The predicted octanol–water partition coefficient (Wildman–Crippen LogP) is 3.40. The SMILES string of the molecule is CCCC1CN1P(=O)(c1ccccc1)c1ccccc1. The average Bonchev–Trinajstić information content (AvgIpc) is 3.28. The smallest absolute Gasteiger partial charge is 0.207 e. The second-order valence-corrected chi connectivity index (χ2v) is 8.01. The van der Waals surface area contributed by atoms with E-state index in [4.69, 9.17) is 0 Å². The molecular weight excluding hydrogens is 265 g/mol. The van der Waals surface area contributed by atoms with Gasteiger partial charge in [0, 0.05) is 23.2 Å². The van der Waals surface area contributed by atoms with E-state index in [-0.39, 0.29) is 0 Å². The maximum atomic E-state index is 13.8.